The molecule has 0 aromatic heterocycles. The molecule has 3 rings (SSSR count). The maximum atomic E-state index is 12.5. The number of rotatable bonds is 6. The van der Waals surface area contributed by atoms with Crippen LogP contribution in [0.15, 0.2) is 30.3 Å². The van der Waals surface area contributed by atoms with Crippen LogP contribution in [0, 0.1) is 11.3 Å². The number of ether oxygens (including phenoxy) is 2. The number of carbonyl (C=O) groups excluding carboxylic acids is 1. The smallest absolute Gasteiger partial charge is 0.224 e. The molecule has 1 aliphatic carbocycles. The lowest BCUT2D eigenvalue weighted by Crippen LogP contribution is -2.40. The molecular weight excluding hydrogens is 278 g/mol. The molecule has 0 unspecified atom stereocenters. The molecule has 1 heterocycles. The quantitative estimate of drug-likeness (QED) is 0.879. The second-order valence-electron chi connectivity index (χ2n) is 6.47. The zero-order valence-corrected chi connectivity index (χ0v) is 13.2. The van der Waals surface area contributed by atoms with Crippen molar-refractivity contribution in [1.82, 2.24) is 5.32 Å². The molecule has 1 saturated carbocycles. The van der Waals surface area contributed by atoms with Gasteiger partial charge in [0.05, 0.1) is 6.04 Å². The van der Waals surface area contributed by atoms with Gasteiger partial charge in [0.1, 0.15) is 12.4 Å². The van der Waals surface area contributed by atoms with E-state index < -0.39 is 0 Å². The highest BCUT2D eigenvalue weighted by molar-refractivity contribution is 5.82. The van der Waals surface area contributed by atoms with E-state index >= 15 is 0 Å². The van der Waals surface area contributed by atoms with Crippen LogP contribution in [0.3, 0.4) is 0 Å². The van der Waals surface area contributed by atoms with Gasteiger partial charge in [0.25, 0.3) is 0 Å². The number of nitrogens with one attached hydrogen (secondary N) is 1. The molecule has 120 valence electrons. The lowest BCUT2D eigenvalue weighted by Gasteiger charge is -2.23. The Morgan fingerprint density at radius 1 is 1.36 bits per heavy atom. The minimum absolute atomic E-state index is 0.0743. The fourth-order valence-corrected chi connectivity index (χ4v) is 3.33. The van der Waals surface area contributed by atoms with Gasteiger partial charge in [-0.15, -0.1) is 0 Å². The van der Waals surface area contributed by atoms with Crippen LogP contribution in [-0.4, -0.2) is 31.8 Å². The zero-order valence-electron chi connectivity index (χ0n) is 13.2. The molecule has 2 fully saturated rings. The summed E-state index contributed by atoms with van der Waals surface area (Å²) in [6.45, 7) is 4.21. The van der Waals surface area contributed by atoms with Gasteiger partial charge in [0.15, 0.2) is 0 Å². The minimum Gasteiger partial charge on any atom is -0.491 e. The monoisotopic (exact) mass is 303 g/mol. The molecule has 1 amide bonds. The summed E-state index contributed by atoms with van der Waals surface area (Å²) in [7, 11) is 0. The third-order valence-corrected chi connectivity index (χ3v) is 5.03. The number of para-hydroxylation sites is 1. The van der Waals surface area contributed by atoms with Gasteiger partial charge in [-0.1, -0.05) is 25.1 Å². The highest BCUT2D eigenvalue weighted by Gasteiger charge is 2.58. The second kappa shape index (κ2) is 6.69. The van der Waals surface area contributed by atoms with Gasteiger partial charge in [-0.3, -0.25) is 4.79 Å². The Morgan fingerprint density at radius 2 is 2.09 bits per heavy atom. The Bertz CT molecular complexity index is 496. The number of carbonyl (C=O) groups is 1. The standard InChI is InChI=1S/C18H25NO3/c1-2-14(13-22-15-6-4-3-5-7-15)19-17(20)16-12-18(16)8-10-21-11-9-18/h3-7,14,16H,2,8-13H2,1H3,(H,19,20)/t14-,16-/m0/s1. The first-order valence-electron chi connectivity index (χ1n) is 8.29. The first-order valence-corrected chi connectivity index (χ1v) is 8.29. The molecule has 1 spiro atoms. The van der Waals surface area contributed by atoms with Crippen molar-refractivity contribution in [2.75, 3.05) is 19.8 Å². The van der Waals surface area contributed by atoms with Crippen LogP contribution in [0.25, 0.3) is 0 Å². The van der Waals surface area contributed by atoms with Crippen LogP contribution < -0.4 is 10.1 Å². The predicted molar refractivity (Wildman–Crippen MR) is 84.8 cm³/mol. The SMILES string of the molecule is CC[C@@H](COc1ccccc1)NC(=O)[C@@H]1CC12CCOCC2. The van der Waals surface area contributed by atoms with Crippen LogP contribution in [0.1, 0.15) is 32.6 Å². The van der Waals surface area contributed by atoms with E-state index in [1.165, 1.54) is 0 Å². The fraction of sp³-hybridized carbons (Fsp3) is 0.611. The van der Waals surface area contributed by atoms with Crippen molar-refractivity contribution in [2.24, 2.45) is 11.3 Å². The van der Waals surface area contributed by atoms with E-state index in [0.29, 0.717) is 6.61 Å². The van der Waals surface area contributed by atoms with Crippen molar-refractivity contribution >= 4 is 5.91 Å². The van der Waals surface area contributed by atoms with Gasteiger partial charge >= 0.3 is 0 Å². The van der Waals surface area contributed by atoms with E-state index in [0.717, 1.165) is 44.6 Å². The van der Waals surface area contributed by atoms with Crippen LogP contribution in [0.5, 0.6) is 5.75 Å². The zero-order chi connectivity index (χ0) is 15.4. The molecule has 1 N–H and O–H groups in total. The Balaban J connectivity index is 1.47. The molecule has 2 aliphatic rings. The molecular formula is C18H25NO3. The molecule has 22 heavy (non-hydrogen) atoms. The third-order valence-electron chi connectivity index (χ3n) is 5.03. The first-order chi connectivity index (χ1) is 10.7. The molecule has 1 saturated heterocycles. The minimum atomic E-state index is 0.0743. The van der Waals surface area contributed by atoms with E-state index in [-0.39, 0.29) is 23.3 Å². The molecule has 4 heteroatoms. The van der Waals surface area contributed by atoms with Gasteiger partial charge in [0, 0.05) is 19.1 Å². The topological polar surface area (TPSA) is 47.6 Å². The Hall–Kier alpha value is -1.55. The average molecular weight is 303 g/mol. The third kappa shape index (κ3) is 3.43. The maximum Gasteiger partial charge on any atom is 0.224 e. The number of benzene rings is 1. The van der Waals surface area contributed by atoms with Gasteiger partial charge in [-0.2, -0.15) is 0 Å². The molecule has 0 radical (unpaired) electrons. The largest absolute Gasteiger partial charge is 0.491 e. The van der Waals surface area contributed by atoms with Crippen LogP contribution in [0.2, 0.25) is 0 Å². The average Bonchev–Trinajstić information content (AvgIpc) is 3.26. The highest BCUT2D eigenvalue weighted by Crippen LogP contribution is 2.59. The fourth-order valence-electron chi connectivity index (χ4n) is 3.33. The predicted octanol–water partition coefficient (Wildman–Crippen LogP) is 2.78. The summed E-state index contributed by atoms with van der Waals surface area (Å²) >= 11 is 0. The van der Waals surface area contributed by atoms with Crippen molar-refractivity contribution in [3.8, 4) is 5.75 Å². The lowest BCUT2D eigenvalue weighted by atomic mass is 9.93. The van der Waals surface area contributed by atoms with E-state index in [4.69, 9.17) is 9.47 Å². The van der Waals surface area contributed by atoms with E-state index in [9.17, 15) is 4.79 Å². The molecule has 1 aromatic rings. The molecule has 1 aromatic carbocycles. The molecule has 0 bridgehead atoms. The highest BCUT2D eigenvalue weighted by atomic mass is 16.5. The van der Waals surface area contributed by atoms with E-state index in [2.05, 4.69) is 12.2 Å². The lowest BCUT2D eigenvalue weighted by molar-refractivity contribution is -0.124. The second-order valence-corrected chi connectivity index (χ2v) is 6.47. The summed E-state index contributed by atoms with van der Waals surface area (Å²) in [6, 6.07) is 9.82. The Labute approximate surface area is 132 Å². The first kappa shape index (κ1) is 15.3. The summed E-state index contributed by atoms with van der Waals surface area (Å²) < 4.78 is 11.2. The van der Waals surface area contributed by atoms with Crippen molar-refractivity contribution < 1.29 is 14.3 Å². The normalized spacial score (nSPS) is 23.8. The molecule has 4 nitrogen and oxygen atoms in total. The van der Waals surface area contributed by atoms with Crippen LogP contribution in [0.4, 0.5) is 0 Å². The summed E-state index contributed by atoms with van der Waals surface area (Å²) in [5.41, 5.74) is 0.237. The van der Waals surface area contributed by atoms with Crippen molar-refractivity contribution in [2.45, 2.75) is 38.6 Å². The van der Waals surface area contributed by atoms with Crippen molar-refractivity contribution in [3.63, 3.8) is 0 Å². The number of amides is 1. The van der Waals surface area contributed by atoms with Gasteiger partial charge in [-0.25, -0.2) is 0 Å². The van der Waals surface area contributed by atoms with Gasteiger partial charge in [-0.05, 0) is 43.2 Å². The van der Waals surface area contributed by atoms with Crippen molar-refractivity contribution in [3.05, 3.63) is 30.3 Å². The molecule has 2 atom stereocenters. The Morgan fingerprint density at radius 3 is 2.77 bits per heavy atom. The van der Waals surface area contributed by atoms with Crippen LogP contribution >= 0.6 is 0 Å². The van der Waals surface area contributed by atoms with Crippen molar-refractivity contribution in [1.29, 1.82) is 0 Å². The number of hydrogen-bond acceptors (Lipinski definition) is 3. The molecule has 1 aliphatic heterocycles. The summed E-state index contributed by atoms with van der Waals surface area (Å²) in [5.74, 6) is 1.23. The summed E-state index contributed by atoms with van der Waals surface area (Å²) in [4.78, 5) is 12.5. The Kier molecular flexibility index (Phi) is 4.67. The summed E-state index contributed by atoms with van der Waals surface area (Å²) in [5, 5.41) is 3.17. The van der Waals surface area contributed by atoms with E-state index in [1.807, 2.05) is 30.3 Å². The van der Waals surface area contributed by atoms with E-state index in [1.54, 1.807) is 0 Å². The van der Waals surface area contributed by atoms with Crippen LogP contribution in [-0.2, 0) is 9.53 Å². The number of hydrogen-bond donors (Lipinski definition) is 1. The van der Waals surface area contributed by atoms with Gasteiger partial charge < -0.3 is 14.8 Å². The summed E-state index contributed by atoms with van der Waals surface area (Å²) in [6.07, 6.45) is 3.96. The maximum absolute atomic E-state index is 12.5. The van der Waals surface area contributed by atoms with Gasteiger partial charge in [0.2, 0.25) is 5.91 Å².